The monoisotopic (exact) mass is 318 g/mol. The molecule has 0 aliphatic rings. The van der Waals surface area contributed by atoms with Crippen LogP contribution < -0.4 is 10.6 Å². The predicted molar refractivity (Wildman–Crippen MR) is 78.0 cm³/mol. The second-order valence-electron chi connectivity index (χ2n) is 3.98. The average Bonchev–Trinajstić information content (AvgIpc) is 2.70. The molecule has 1 heterocycles. The van der Waals surface area contributed by atoms with E-state index >= 15 is 0 Å². The lowest BCUT2D eigenvalue weighted by Gasteiger charge is -2.15. The van der Waals surface area contributed by atoms with Crippen LogP contribution >= 0.6 is 28.1 Å². The van der Waals surface area contributed by atoms with Crippen LogP contribution in [0, 0.1) is 0 Å². The van der Waals surface area contributed by atoms with Gasteiger partial charge >= 0.3 is 0 Å². The van der Waals surface area contributed by atoms with Gasteiger partial charge in [0.25, 0.3) is 0 Å². The fourth-order valence-electron chi connectivity index (χ4n) is 1.28. The molecule has 0 aliphatic carbocycles. The van der Waals surface area contributed by atoms with Crippen LogP contribution in [-0.4, -0.2) is 27.5 Å². The van der Waals surface area contributed by atoms with Gasteiger partial charge in [-0.2, -0.15) is 5.10 Å². The summed E-state index contributed by atoms with van der Waals surface area (Å²) >= 11 is 8.55. The molecule has 0 radical (unpaired) electrons. The third-order valence-electron chi connectivity index (χ3n) is 2.44. The highest BCUT2D eigenvalue weighted by Gasteiger charge is 2.00. The molecule has 1 rings (SSSR count). The van der Waals surface area contributed by atoms with Crippen LogP contribution in [0.15, 0.2) is 16.9 Å². The first kappa shape index (κ1) is 14.4. The molecule has 4 nitrogen and oxygen atoms in total. The van der Waals surface area contributed by atoms with Gasteiger partial charge in [0.05, 0.1) is 10.7 Å². The summed E-state index contributed by atoms with van der Waals surface area (Å²) in [5, 5.41) is 11.3. The molecule has 2 N–H and O–H groups in total. The minimum Gasteiger partial charge on any atom is -0.363 e. The Bertz CT molecular complexity index is 353. The number of nitrogens with one attached hydrogen (secondary N) is 2. The van der Waals surface area contributed by atoms with Crippen LogP contribution in [0.3, 0.4) is 0 Å². The van der Waals surface area contributed by atoms with Crippen molar-refractivity contribution in [2.75, 3.05) is 6.54 Å². The number of nitrogens with zero attached hydrogens (tertiary/aromatic N) is 2. The Hall–Kier alpha value is -0.620. The van der Waals surface area contributed by atoms with E-state index in [-0.39, 0.29) is 0 Å². The Morgan fingerprint density at radius 1 is 1.65 bits per heavy atom. The average molecular weight is 319 g/mol. The van der Waals surface area contributed by atoms with E-state index in [0.29, 0.717) is 6.04 Å². The Kier molecular flexibility index (Phi) is 6.50. The molecule has 1 aromatic heterocycles. The van der Waals surface area contributed by atoms with Gasteiger partial charge in [-0.1, -0.05) is 6.92 Å². The van der Waals surface area contributed by atoms with Crippen molar-refractivity contribution in [1.29, 1.82) is 0 Å². The summed E-state index contributed by atoms with van der Waals surface area (Å²) in [4.78, 5) is 0. The summed E-state index contributed by atoms with van der Waals surface area (Å²) in [5.41, 5.74) is 0. The maximum atomic E-state index is 5.18. The topological polar surface area (TPSA) is 41.9 Å². The summed E-state index contributed by atoms with van der Waals surface area (Å²) in [6.07, 6.45) is 5.83. The molecule has 6 heteroatoms. The van der Waals surface area contributed by atoms with Crippen LogP contribution in [0.2, 0.25) is 0 Å². The number of thiocarbonyl (C=S) groups is 1. The van der Waals surface area contributed by atoms with E-state index in [9.17, 15) is 0 Å². The summed E-state index contributed by atoms with van der Waals surface area (Å²) in [6.45, 7) is 6.01. The van der Waals surface area contributed by atoms with Crippen LogP contribution in [-0.2, 0) is 6.54 Å². The zero-order chi connectivity index (χ0) is 12.7. The van der Waals surface area contributed by atoms with Gasteiger partial charge in [0.1, 0.15) is 0 Å². The molecular weight excluding hydrogens is 300 g/mol. The zero-order valence-corrected chi connectivity index (χ0v) is 12.6. The van der Waals surface area contributed by atoms with E-state index < -0.39 is 0 Å². The summed E-state index contributed by atoms with van der Waals surface area (Å²) in [6, 6.07) is 0.428. The molecule has 0 aromatic carbocycles. The lowest BCUT2D eigenvalue weighted by molar-refractivity contribution is 0.566. The van der Waals surface area contributed by atoms with Crippen LogP contribution in [0.1, 0.15) is 26.7 Å². The van der Waals surface area contributed by atoms with Gasteiger partial charge in [-0.25, -0.2) is 0 Å². The molecule has 0 saturated carbocycles. The smallest absolute Gasteiger partial charge is 0.166 e. The van der Waals surface area contributed by atoms with Crippen molar-refractivity contribution in [3.63, 3.8) is 0 Å². The molecule has 96 valence electrons. The number of aromatic nitrogens is 2. The number of halogens is 1. The van der Waals surface area contributed by atoms with E-state index in [1.165, 1.54) is 0 Å². The molecule has 1 atom stereocenters. The first-order chi connectivity index (χ1) is 8.11. The van der Waals surface area contributed by atoms with Gasteiger partial charge in [-0.15, -0.1) is 0 Å². The fourth-order valence-corrected chi connectivity index (χ4v) is 1.91. The van der Waals surface area contributed by atoms with Gasteiger partial charge in [-0.3, -0.25) is 4.68 Å². The van der Waals surface area contributed by atoms with E-state index in [1.807, 2.05) is 10.9 Å². The van der Waals surface area contributed by atoms with Crippen molar-refractivity contribution in [1.82, 2.24) is 20.4 Å². The maximum Gasteiger partial charge on any atom is 0.166 e. The lowest BCUT2D eigenvalue weighted by Crippen LogP contribution is -2.40. The van der Waals surface area contributed by atoms with Gasteiger partial charge in [0.2, 0.25) is 0 Å². The van der Waals surface area contributed by atoms with E-state index in [4.69, 9.17) is 12.2 Å². The molecule has 0 saturated heterocycles. The second-order valence-corrected chi connectivity index (χ2v) is 5.31. The van der Waals surface area contributed by atoms with E-state index in [0.717, 1.165) is 35.5 Å². The molecule has 0 amide bonds. The molecule has 0 unspecified atom stereocenters. The van der Waals surface area contributed by atoms with Crippen LogP contribution in [0.4, 0.5) is 0 Å². The van der Waals surface area contributed by atoms with Crippen molar-refractivity contribution in [2.24, 2.45) is 0 Å². The first-order valence-electron chi connectivity index (χ1n) is 5.84. The highest BCUT2D eigenvalue weighted by atomic mass is 79.9. The molecule has 0 bridgehead atoms. The summed E-state index contributed by atoms with van der Waals surface area (Å²) in [7, 11) is 0. The predicted octanol–water partition coefficient (Wildman–Crippen LogP) is 2.30. The quantitative estimate of drug-likeness (QED) is 0.624. The number of hydrogen-bond acceptors (Lipinski definition) is 2. The zero-order valence-electron chi connectivity index (χ0n) is 10.2. The summed E-state index contributed by atoms with van der Waals surface area (Å²) < 4.78 is 2.93. The Balaban J connectivity index is 2.10. The first-order valence-corrected chi connectivity index (χ1v) is 7.04. The maximum absolute atomic E-state index is 5.18. The Morgan fingerprint density at radius 3 is 3.00 bits per heavy atom. The van der Waals surface area contributed by atoms with Gasteiger partial charge < -0.3 is 10.6 Å². The van der Waals surface area contributed by atoms with Crippen LogP contribution in [0.25, 0.3) is 0 Å². The minimum atomic E-state index is 0.428. The normalized spacial score (nSPS) is 12.2. The van der Waals surface area contributed by atoms with E-state index in [1.54, 1.807) is 6.20 Å². The highest BCUT2D eigenvalue weighted by molar-refractivity contribution is 9.10. The Labute approximate surface area is 116 Å². The molecular formula is C11H19BrN4S. The fraction of sp³-hybridized carbons (Fsp3) is 0.636. The van der Waals surface area contributed by atoms with Gasteiger partial charge in [-0.05, 0) is 47.9 Å². The second kappa shape index (κ2) is 7.66. The van der Waals surface area contributed by atoms with Crippen LogP contribution in [0.5, 0.6) is 0 Å². The molecule has 17 heavy (non-hydrogen) atoms. The standard InChI is InChI=1S/C11H19BrN4S/c1-3-9(2)15-11(17)13-5-4-6-16-8-10(12)7-14-16/h7-9H,3-6H2,1-2H3,(H2,13,15,17)/t9-/m0/s1. The number of rotatable bonds is 6. The van der Waals surface area contributed by atoms with Crippen molar-refractivity contribution in [2.45, 2.75) is 39.3 Å². The Morgan fingerprint density at radius 2 is 2.41 bits per heavy atom. The molecule has 0 spiro atoms. The van der Waals surface area contributed by atoms with Crippen molar-refractivity contribution in [3.05, 3.63) is 16.9 Å². The van der Waals surface area contributed by atoms with Gasteiger partial charge in [0.15, 0.2) is 5.11 Å². The minimum absolute atomic E-state index is 0.428. The largest absolute Gasteiger partial charge is 0.363 e. The number of hydrogen-bond donors (Lipinski definition) is 2. The summed E-state index contributed by atoms with van der Waals surface area (Å²) in [5.74, 6) is 0. The van der Waals surface area contributed by atoms with E-state index in [2.05, 4.69) is 45.5 Å². The third-order valence-corrected chi connectivity index (χ3v) is 3.11. The SMILES string of the molecule is CC[C@H](C)NC(=S)NCCCn1cc(Br)cn1. The van der Waals surface area contributed by atoms with Gasteiger partial charge in [0, 0.05) is 25.3 Å². The van der Waals surface area contributed by atoms with Crippen molar-refractivity contribution < 1.29 is 0 Å². The lowest BCUT2D eigenvalue weighted by atomic mass is 10.3. The molecule has 1 aromatic rings. The molecule has 0 fully saturated rings. The molecule has 0 aliphatic heterocycles. The van der Waals surface area contributed by atoms with Crippen molar-refractivity contribution >= 4 is 33.3 Å². The van der Waals surface area contributed by atoms with Crippen molar-refractivity contribution in [3.8, 4) is 0 Å². The highest BCUT2D eigenvalue weighted by Crippen LogP contribution is 2.06. The number of aryl methyl sites for hydroxylation is 1. The third kappa shape index (κ3) is 6.02.